The van der Waals surface area contributed by atoms with Crippen molar-refractivity contribution in [3.63, 3.8) is 0 Å². The predicted molar refractivity (Wildman–Crippen MR) is 92.4 cm³/mol. The van der Waals surface area contributed by atoms with Crippen LogP contribution in [-0.4, -0.2) is 51.5 Å². The number of pyridine rings is 1. The number of imidazole rings is 1. The minimum Gasteiger partial charge on any atom is -0.354 e. The van der Waals surface area contributed by atoms with Gasteiger partial charge in [-0.25, -0.2) is 14.4 Å². The largest absolute Gasteiger partial charge is 0.354 e. The predicted octanol–water partition coefficient (Wildman–Crippen LogP) is 2.46. The number of rotatable bonds is 3. The number of nitrogens with zero attached hydrogens (tertiary/aromatic N) is 5. The Morgan fingerprint density at radius 2 is 2.08 bits per heavy atom. The van der Waals surface area contributed by atoms with Gasteiger partial charge in [0.2, 0.25) is 0 Å². The highest BCUT2D eigenvalue weighted by Crippen LogP contribution is 2.25. The molecule has 1 saturated heterocycles. The van der Waals surface area contributed by atoms with Gasteiger partial charge in [0.05, 0.1) is 12.5 Å². The summed E-state index contributed by atoms with van der Waals surface area (Å²) in [5, 5.41) is 0. The third-order valence-corrected chi connectivity index (χ3v) is 4.89. The molecule has 8 heteroatoms. The lowest BCUT2D eigenvalue weighted by Gasteiger charge is -2.37. The number of hydrogen-bond acceptors (Lipinski definition) is 4. The molecule has 1 aliphatic heterocycles. The highest BCUT2D eigenvalue weighted by Gasteiger charge is 2.28. The number of hydrogen-bond donors (Lipinski definition) is 0. The molecule has 128 valence electrons. The first-order valence-corrected chi connectivity index (χ1v) is 8.56. The van der Waals surface area contributed by atoms with E-state index in [-0.39, 0.29) is 17.8 Å². The van der Waals surface area contributed by atoms with E-state index >= 15 is 0 Å². The molecule has 1 aliphatic rings. The Morgan fingerprint density at radius 3 is 2.67 bits per heavy atom. The van der Waals surface area contributed by atoms with Crippen molar-refractivity contribution in [2.24, 2.45) is 7.05 Å². The van der Waals surface area contributed by atoms with E-state index < -0.39 is 0 Å². The molecule has 0 N–H and O–H groups in total. The van der Waals surface area contributed by atoms with Crippen molar-refractivity contribution in [2.75, 3.05) is 25.0 Å². The summed E-state index contributed by atoms with van der Waals surface area (Å²) < 4.78 is 16.4. The van der Waals surface area contributed by atoms with Gasteiger partial charge in [-0.1, -0.05) is 0 Å². The molecule has 0 radical (unpaired) electrons. The van der Waals surface area contributed by atoms with Crippen LogP contribution in [0.1, 0.15) is 23.3 Å². The maximum absolute atomic E-state index is 14.0. The van der Waals surface area contributed by atoms with Crippen LogP contribution in [0.25, 0.3) is 0 Å². The van der Waals surface area contributed by atoms with Gasteiger partial charge in [0.1, 0.15) is 5.69 Å². The summed E-state index contributed by atoms with van der Waals surface area (Å²) in [6, 6.07) is 1.55. The zero-order valence-corrected chi connectivity index (χ0v) is 15.2. The van der Waals surface area contributed by atoms with Gasteiger partial charge < -0.3 is 14.4 Å². The summed E-state index contributed by atoms with van der Waals surface area (Å²) in [5.74, 6) is 0.000743. The fraction of sp³-hybridized carbons (Fsp3) is 0.438. The van der Waals surface area contributed by atoms with Gasteiger partial charge in [-0.2, -0.15) is 0 Å². The molecule has 1 amide bonds. The second-order valence-corrected chi connectivity index (χ2v) is 6.90. The van der Waals surface area contributed by atoms with Gasteiger partial charge in [-0.3, -0.25) is 4.79 Å². The molecular weight excluding hydrogens is 377 g/mol. The maximum Gasteiger partial charge on any atom is 0.272 e. The van der Waals surface area contributed by atoms with Gasteiger partial charge in [-0.15, -0.1) is 0 Å². The minimum atomic E-state index is -0.331. The Balaban J connectivity index is 1.64. The van der Waals surface area contributed by atoms with Crippen LogP contribution >= 0.6 is 15.9 Å². The van der Waals surface area contributed by atoms with Crippen LogP contribution in [0.2, 0.25) is 0 Å². The highest BCUT2D eigenvalue weighted by molar-refractivity contribution is 9.10. The molecule has 2 aromatic rings. The summed E-state index contributed by atoms with van der Waals surface area (Å²) in [6.07, 6.45) is 6.35. The molecule has 0 aromatic carbocycles. The van der Waals surface area contributed by atoms with E-state index in [2.05, 4.69) is 25.9 Å². The molecule has 24 heavy (non-hydrogen) atoms. The lowest BCUT2D eigenvalue weighted by molar-refractivity contribution is 0.0699. The second-order valence-electron chi connectivity index (χ2n) is 5.98. The smallest absolute Gasteiger partial charge is 0.272 e. The molecule has 2 aromatic heterocycles. The van der Waals surface area contributed by atoms with E-state index in [4.69, 9.17) is 0 Å². The number of anilines is 1. The third-order valence-electron chi connectivity index (χ3n) is 4.46. The van der Waals surface area contributed by atoms with Crippen molar-refractivity contribution in [2.45, 2.75) is 18.9 Å². The monoisotopic (exact) mass is 395 g/mol. The first-order chi connectivity index (χ1) is 11.5. The van der Waals surface area contributed by atoms with Crippen LogP contribution in [0.15, 0.2) is 29.3 Å². The van der Waals surface area contributed by atoms with Crippen LogP contribution < -0.4 is 4.90 Å². The Labute approximate surface area is 148 Å². The van der Waals surface area contributed by atoms with Gasteiger partial charge in [-0.05, 0) is 34.8 Å². The van der Waals surface area contributed by atoms with Crippen molar-refractivity contribution in [3.05, 3.63) is 40.8 Å². The molecule has 3 rings (SSSR count). The van der Waals surface area contributed by atoms with Crippen LogP contribution in [-0.2, 0) is 7.05 Å². The fourth-order valence-electron chi connectivity index (χ4n) is 3.01. The first kappa shape index (κ1) is 16.9. The van der Waals surface area contributed by atoms with E-state index in [1.165, 1.54) is 6.07 Å². The molecule has 0 aliphatic carbocycles. The Hall–Kier alpha value is -1.96. The molecule has 0 spiro atoms. The lowest BCUT2D eigenvalue weighted by atomic mass is 10.0. The molecule has 0 atom stereocenters. The summed E-state index contributed by atoms with van der Waals surface area (Å²) in [4.78, 5) is 24.4. The molecule has 0 unspecified atom stereocenters. The molecular formula is C16H19BrFN5O. The zero-order chi connectivity index (χ0) is 17.3. The average molecular weight is 396 g/mol. The number of carbonyl (C=O) groups excluding carboxylic acids is 1. The van der Waals surface area contributed by atoms with Gasteiger partial charge in [0.25, 0.3) is 5.91 Å². The summed E-state index contributed by atoms with van der Waals surface area (Å²) in [7, 11) is 3.62. The Bertz CT molecular complexity index is 742. The van der Waals surface area contributed by atoms with Crippen LogP contribution in [0.3, 0.4) is 0 Å². The van der Waals surface area contributed by atoms with Crippen molar-refractivity contribution in [1.82, 2.24) is 19.4 Å². The topological polar surface area (TPSA) is 54.3 Å². The number of aryl methyl sites for hydroxylation is 1. The van der Waals surface area contributed by atoms with E-state index in [1.807, 2.05) is 11.9 Å². The normalized spacial score (nSPS) is 15.6. The number of aromatic nitrogens is 3. The van der Waals surface area contributed by atoms with Gasteiger partial charge in [0.15, 0.2) is 11.6 Å². The number of halogens is 2. The van der Waals surface area contributed by atoms with Gasteiger partial charge in [0, 0.05) is 43.9 Å². The molecule has 0 saturated carbocycles. The van der Waals surface area contributed by atoms with Crippen molar-refractivity contribution >= 4 is 27.7 Å². The van der Waals surface area contributed by atoms with E-state index in [1.54, 1.807) is 35.2 Å². The number of amides is 1. The fourth-order valence-corrected chi connectivity index (χ4v) is 3.32. The third kappa shape index (κ3) is 3.28. The van der Waals surface area contributed by atoms with Crippen molar-refractivity contribution in [3.8, 4) is 0 Å². The standard InChI is InChI=1S/C16H19BrFN5O/c1-21-10-19-9-14(21)16(24)22(2)12-3-5-23(6-4-12)15-13(18)7-11(17)8-20-15/h7-10,12H,3-6H2,1-2H3. The molecule has 6 nitrogen and oxygen atoms in total. The summed E-state index contributed by atoms with van der Waals surface area (Å²) >= 11 is 3.22. The molecule has 0 bridgehead atoms. The van der Waals surface area contributed by atoms with E-state index in [9.17, 15) is 9.18 Å². The van der Waals surface area contributed by atoms with E-state index in [0.29, 0.717) is 29.1 Å². The zero-order valence-electron chi connectivity index (χ0n) is 13.6. The first-order valence-electron chi connectivity index (χ1n) is 7.77. The van der Waals surface area contributed by atoms with Crippen LogP contribution in [0.4, 0.5) is 10.2 Å². The van der Waals surface area contributed by atoms with E-state index in [0.717, 1.165) is 12.8 Å². The van der Waals surface area contributed by atoms with Crippen molar-refractivity contribution < 1.29 is 9.18 Å². The lowest BCUT2D eigenvalue weighted by Crippen LogP contribution is -2.46. The van der Waals surface area contributed by atoms with Gasteiger partial charge >= 0.3 is 0 Å². The van der Waals surface area contributed by atoms with Crippen LogP contribution in [0, 0.1) is 5.82 Å². The van der Waals surface area contributed by atoms with Crippen LogP contribution in [0.5, 0.6) is 0 Å². The summed E-state index contributed by atoms with van der Waals surface area (Å²) in [5.41, 5.74) is 0.570. The number of carbonyl (C=O) groups is 1. The summed E-state index contributed by atoms with van der Waals surface area (Å²) in [6.45, 7) is 1.33. The molecule has 1 fully saturated rings. The maximum atomic E-state index is 14.0. The second kappa shape index (κ2) is 6.88. The number of piperidine rings is 1. The Kier molecular flexibility index (Phi) is 4.84. The minimum absolute atomic E-state index is 0.0404. The highest BCUT2D eigenvalue weighted by atomic mass is 79.9. The van der Waals surface area contributed by atoms with Crippen molar-refractivity contribution in [1.29, 1.82) is 0 Å². The average Bonchev–Trinajstić information content (AvgIpc) is 3.00. The molecule has 3 heterocycles. The Morgan fingerprint density at radius 1 is 1.38 bits per heavy atom. The SMILES string of the molecule is CN(C(=O)c1cncn1C)C1CCN(c2ncc(Br)cc2F)CC1. The quantitative estimate of drug-likeness (QED) is 0.800.